The van der Waals surface area contributed by atoms with Gasteiger partial charge in [0.1, 0.15) is 23.4 Å². The fraction of sp³-hybridized carbons (Fsp3) is 0.0833. The Morgan fingerprint density at radius 3 is 2.53 bits per heavy atom. The molecule has 0 bridgehead atoms. The number of hydrogen-bond acceptors (Lipinski definition) is 5. The predicted molar refractivity (Wildman–Crippen MR) is 59.5 cm³/mol. The standard InChI is InChI=1S/C12H10O5/c13-6-1-2-8(14)7(5-6)11-9(15)3-4-10(16)12(11)17/h1-5,10,13-16H. The summed E-state index contributed by atoms with van der Waals surface area (Å²) in [4.78, 5) is 11.7. The highest BCUT2D eigenvalue weighted by molar-refractivity contribution is 6.25. The minimum Gasteiger partial charge on any atom is -0.508 e. The summed E-state index contributed by atoms with van der Waals surface area (Å²) in [7, 11) is 0. The van der Waals surface area contributed by atoms with Crippen molar-refractivity contribution in [3.63, 3.8) is 0 Å². The third-order valence-corrected chi connectivity index (χ3v) is 2.46. The average Bonchev–Trinajstić information content (AvgIpc) is 2.29. The minimum absolute atomic E-state index is 0.0177. The maximum absolute atomic E-state index is 11.7. The number of allylic oxidation sites excluding steroid dienone is 1. The molecule has 2 rings (SSSR count). The van der Waals surface area contributed by atoms with Gasteiger partial charge in [-0.25, -0.2) is 0 Å². The summed E-state index contributed by atoms with van der Waals surface area (Å²) < 4.78 is 0. The zero-order valence-electron chi connectivity index (χ0n) is 8.66. The first-order valence-electron chi connectivity index (χ1n) is 4.87. The molecule has 0 saturated carbocycles. The third-order valence-electron chi connectivity index (χ3n) is 2.46. The van der Waals surface area contributed by atoms with E-state index in [9.17, 15) is 25.2 Å². The Kier molecular flexibility index (Phi) is 2.61. The van der Waals surface area contributed by atoms with Crippen LogP contribution in [0, 0.1) is 0 Å². The lowest BCUT2D eigenvalue weighted by atomic mass is 9.92. The van der Waals surface area contributed by atoms with Crippen molar-refractivity contribution >= 4 is 11.4 Å². The van der Waals surface area contributed by atoms with Crippen LogP contribution in [-0.4, -0.2) is 32.3 Å². The van der Waals surface area contributed by atoms with Crippen molar-refractivity contribution < 1.29 is 25.2 Å². The fourth-order valence-corrected chi connectivity index (χ4v) is 1.62. The molecule has 0 radical (unpaired) electrons. The van der Waals surface area contributed by atoms with Crippen LogP contribution in [0.5, 0.6) is 11.5 Å². The molecular formula is C12H10O5. The van der Waals surface area contributed by atoms with E-state index in [2.05, 4.69) is 0 Å². The lowest BCUT2D eigenvalue weighted by Crippen LogP contribution is -2.23. The van der Waals surface area contributed by atoms with Gasteiger partial charge in [-0.15, -0.1) is 0 Å². The van der Waals surface area contributed by atoms with Gasteiger partial charge in [0.2, 0.25) is 0 Å². The SMILES string of the molecule is O=C1C(c2cc(O)ccc2O)=C(O)C=CC1O. The molecule has 0 heterocycles. The van der Waals surface area contributed by atoms with Crippen LogP contribution in [0.3, 0.4) is 0 Å². The summed E-state index contributed by atoms with van der Waals surface area (Å²) in [6, 6.07) is 3.59. The highest BCUT2D eigenvalue weighted by atomic mass is 16.3. The Labute approximate surface area is 96.6 Å². The first-order valence-corrected chi connectivity index (χ1v) is 4.87. The zero-order valence-corrected chi connectivity index (χ0v) is 8.66. The maximum atomic E-state index is 11.7. The lowest BCUT2D eigenvalue weighted by molar-refractivity contribution is -0.119. The second kappa shape index (κ2) is 3.95. The molecule has 0 amide bonds. The van der Waals surface area contributed by atoms with Crippen molar-refractivity contribution in [3.8, 4) is 11.5 Å². The number of benzene rings is 1. The predicted octanol–water partition coefficient (Wildman–Crippen LogP) is 0.867. The van der Waals surface area contributed by atoms with Crippen LogP contribution in [0.15, 0.2) is 36.1 Å². The van der Waals surface area contributed by atoms with Gasteiger partial charge in [0, 0.05) is 5.56 Å². The van der Waals surface area contributed by atoms with E-state index in [1.807, 2.05) is 0 Å². The van der Waals surface area contributed by atoms with Crippen LogP contribution in [0.25, 0.3) is 5.57 Å². The first-order chi connectivity index (χ1) is 8.00. The average molecular weight is 234 g/mol. The van der Waals surface area contributed by atoms with Crippen molar-refractivity contribution in [1.82, 2.24) is 0 Å². The molecule has 0 saturated heterocycles. The van der Waals surface area contributed by atoms with Crippen LogP contribution >= 0.6 is 0 Å². The molecule has 1 aliphatic carbocycles. The largest absolute Gasteiger partial charge is 0.508 e. The summed E-state index contributed by atoms with van der Waals surface area (Å²) in [6.45, 7) is 0. The molecule has 0 aromatic heterocycles. The highest BCUT2D eigenvalue weighted by Gasteiger charge is 2.27. The Morgan fingerprint density at radius 2 is 1.82 bits per heavy atom. The van der Waals surface area contributed by atoms with Crippen LogP contribution in [0.2, 0.25) is 0 Å². The molecule has 1 aromatic rings. The Morgan fingerprint density at radius 1 is 1.12 bits per heavy atom. The molecule has 17 heavy (non-hydrogen) atoms. The molecule has 5 heteroatoms. The first kappa shape index (κ1) is 11.2. The summed E-state index contributed by atoms with van der Waals surface area (Å²) in [5, 5.41) is 37.8. The van der Waals surface area contributed by atoms with E-state index >= 15 is 0 Å². The van der Waals surface area contributed by atoms with Gasteiger partial charge in [-0.1, -0.05) is 0 Å². The van der Waals surface area contributed by atoms with E-state index in [1.165, 1.54) is 18.2 Å². The monoisotopic (exact) mass is 234 g/mol. The Bertz CT molecular complexity index is 542. The number of phenols is 2. The van der Waals surface area contributed by atoms with Crippen LogP contribution in [0.4, 0.5) is 0 Å². The Hall–Kier alpha value is -2.27. The number of carbonyl (C=O) groups is 1. The van der Waals surface area contributed by atoms with E-state index in [-0.39, 0.29) is 28.4 Å². The number of rotatable bonds is 1. The van der Waals surface area contributed by atoms with Crippen molar-refractivity contribution in [2.45, 2.75) is 6.10 Å². The van der Waals surface area contributed by atoms with Gasteiger partial charge >= 0.3 is 0 Å². The molecule has 5 nitrogen and oxygen atoms in total. The molecule has 1 atom stereocenters. The minimum atomic E-state index is -1.36. The number of aromatic hydroxyl groups is 2. The normalized spacial score (nSPS) is 19.8. The lowest BCUT2D eigenvalue weighted by Gasteiger charge is -2.16. The quantitative estimate of drug-likeness (QED) is 0.540. The second-order valence-electron chi connectivity index (χ2n) is 3.63. The van der Waals surface area contributed by atoms with Crippen LogP contribution in [-0.2, 0) is 4.79 Å². The van der Waals surface area contributed by atoms with Gasteiger partial charge in [-0.2, -0.15) is 0 Å². The molecule has 4 N–H and O–H groups in total. The van der Waals surface area contributed by atoms with Gasteiger partial charge in [0.15, 0.2) is 5.78 Å². The number of carbonyl (C=O) groups excluding carboxylic acids is 1. The summed E-state index contributed by atoms with van der Waals surface area (Å²) in [5.41, 5.74) is -0.232. The van der Waals surface area contributed by atoms with Gasteiger partial charge < -0.3 is 20.4 Å². The van der Waals surface area contributed by atoms with E-state index in [0.717, 1.165) is 12.1 Å². The number of aliphatic hydroxyl groups is 2. The third kappa shape index (κ3) is 1.88. The van der Waals surface area contributed by atoms with E-state index < -0.39 is 11.9 Å². The number of hydrogen-bond donors (Lipinski definition) is 4. The van der Waals surface area contributed by atoms with Crippen molar-refractivity contribution in [3.05, 3.63) is 41.7 Å². The van der Waals surface area contributed by atoms with E-state index in [4.69, 9.17) is 0 Å². The van der Waals surface area contributed by atoms with Gasteiger partial charge in [0.25, 0.3) is 0 Å². The Balaban J connectivity index is 2.62. The van der Waals surface area contributed by atoms with Gasteiger partial charge in [-0.05, 0) is 30.4 Å². The van der Waals surface area contributed by atoms with E-state index in [1.54, 1.807) is 0 Å². The van der Waals surface area contributed by atoms with Gasteiger partial charge in [-0.3, -0.25) is 4.79 Å². The summed E-state index contributed by atoms with van der Waals surface area (Å²) >= 11 is 0. The second-order valence-corrected chi connectivity index (χ2v) is 3.63. The van der Waals surface area contributed by atoms with Crippen LogP contribution < -0.4 is 0 Å². The number of phenolic OH excluding ortho intramolecular Hbond substituents is 2. The summed E-state index contributed by atoms with van der Waals surface area (Å²) in [5.74, 6) is -1.51. The number of ketones is 1. The molecule has 0 fully saturated rings. The van der Waals surface area contributed by atoms with Gasteiger partial charge in [0.05, 0.1) is 5.57 Å². The molecule has 1 aromatic carbocycles. The number of Topliss-reactive ketones (excluding diaryl/α,β-unsaturated/α-hetero) is 1. The van der Waals surface area contributed by atoms with E-state index in [0.29, 0.717) is 0 Å². The zero-order chi connectivity index (χ0) is 12.6. The van der Waals surface area contributed by atoms with Crippen molar-refractivity contribution in [2.75, 3.05) is 0 Å². The molecule has 1 aliphatic rings. The van der Waals surface area contributed by atoms with Crippen molar-refractivity contribution in [1.29, 1.82) is 0 Å². The smallest absolute Gasteiger partial charge is 0.199 e. The molecule has 88 valence electrons. The highest BCUT2D eigenvalue weighted by Crippen LogP contribution is 2.33. The molecule has 1 unspecified atom stereocenters. The van der Waals surface area contributed by atoms with Crippen LogP contribution in [0.1, 0.15) is 5.56 Å². The summed E-state index contributed by atoms with van der Waals surface area (Å²) in [6.07, 6.45) is 0.953. The fourth-order valence-electron chi connectivity index (χ4n) is 1.62. The molecule has 0 aliphatic heterocycles. The molecular weight excluding hydrogens is 224 g/mol. The van der Waals surface area contributed by atoms with Crippen molar-refractivity contribution in [2.24, 2.45) is 0 Å². The number of aliphatic hydroxyl groups excluding tert-OH is 2. The maximum Gasteiger partial charge on any atom is 0.199 e. The topological polar surface area (TPSA) is 98.0 Å². The molecule has 0 spiro atoms.